The maximum absolute atomic E-state index is 12.5. The number of amides is 3. The van der Waals surface area contributed by atoms with E-state index in [2.05, 4.69) is 4.98 Å². The summed E-state index contributed by atoms with van der Waals surface area (Å²) in [4.78, 5) is 41.7. The van der Waals surface area contributed by atoms with Gasteiger partial charge in [0.05, 0.1) is 17.5 Å². The minimum atomic E-state index is -1.65. The van der Waals surface area contributed by atoms with Crippen LogP contribution in [0.3, 0.4) is 0 Å². The predicted octanol–water partition coefficient (Wildman–Crippen LogP) is 0.337. The number of nitrogens with two attached hydrogens (primary N) is 1. The minimum Gasteiger partial charge on any atom is -0.366 e. The lowest BCUT2D eigenvalue weighted by atomic mass is 10.1. The summed E-state index contributed by atoms with van der Waals surface area (Å²) in [6, 6.07) is 6.41. The molecule has 0 fully saturated rings. The molecule has 0 spiro atoms. The zero-order chi connectivity index (χ0) is 15.2. The van der Waals surface area contributed by atoms with Crippen LogP contribution < -0.4 is 5.73 Å². The summed E-state index contributed by atoms with van der Waals surface area (Å²) >= 11 is 0. The molecule has 7 nitrogen and oxygen atoms in total. The summed E-state index contributed by atoms with van der Waals surface area (Å²) in [6.45, 7) is 1.42. The zero-order valence-electron chi connectivity index (χ0n) is 11.2. The van der Waals surface area contributed by atoms with E-state index in [1.165, 1.54) is 30.2 Å². The third-order valence-electron chi connectivity index (χ3n) is 3.70. The highest BCUT2D eigenvalue weighted by Crippen LogP contribution is 2.32. The lowest BCUT2D eigenvalue weighted by molar-refractivity contribution is -0.131. The molecule has 0 aliphatic carbocycles. The van der Waals surface area contributed by atoms with Crippen LogP contribution in [0.25, 0.3) is 0 Å². The fourth-order valence-electron chi connectivity index (χ4n) is 2.45. The first-order valence-corrected chi connectivity index (χ1v) is 6.24. The minimum absolute atomic E-state index is 0.259. The van der Waals surface area contributed by atoms with Gasteiger partial charge in [0.1, 0.15) is 0 Å². The van der Waals surface area contributed by atoms with Gasteiger partial charge in [-0.15, -0.1) is 0 Å². The van der Waals surface area contributed by atoms with Crippen molar-refractivity contribution in [1.29, 1.82) is 0 Å². The number of rotatable bonds is 3. The first kappa shape index (κ1) is 13.0. The van der Waals surface area contributed by atoms with Crippen molar-refractivity contribution in [2.75, 3.05) is 0 Å². The maximum Gasteiger partial charge on any atom is 0.264 e. The summed E-state index contributed by atoms with van der Waals surface area (Å²) in [7, 11) is 0. The molecule has 106 valence electrons. The van der Waals surface area contributed by atoms with E-state index in [4.69, 9.17) is 5.73 Å². The Kier molecular flexibility index (Phi) is 2.65. The lowest BCUT2D eigenvalue weighted by Gasteiger charge is -2.35. The van der Waals surface area contributed by atoms with E-state index < -0.39 is 23.4 Å². The van der Waals surface area contributed by atoms with Crippen LogP contribution in [-0.2, 0) is 10.5 Å². The number of nitrogens with zero attached hydrogens (tertiary/aromatic N) is 3. The number of imidazole rings is 1. The molecule has 1 aromatic heterocycles. The van der Waals surface area contributed by atoms with Crippen LogP contribution in [0.4, 0.5) is 0 Å². The van der Waals surface area contributed by atoms with E-state index in [1.54, 1.807) is 24.3 Å². The van der Waals surface area contributed by atoms with Gasteiger partial charge in [-0.05, 0) is 19.1 Å². The number of carbonyl (C=O) groups excluding carboxylic acids is 3. The van der Waals surface area contributed by atoms with Crippen LogP contribution in [0, 0.1) is 0 Å². The molecule has 2 N–H and O–H groups in total. The smallest absolute Gasteiger partial charge is 0.264 e. The molecule has 1 aliphatic heterocycles. The van der Waals surface area contributed by atoms with Gasteiger partial charge in [-0.1, -0.05) is 12.1 Å². The third kappa shape index (κ3) is 1.60. The van der Waals surface area contributed by atoms with Crippen molar-refractivity contribution in [3.63, 3.8) is 0 Å². The van der Waals surface area contributed by atoms with Crippen molar-refractivity contribution >= 4 is 17.7 Å². The van der Waals surface area contributed by atoms with E-state index in [-0.39, 0.29) is 11.1 Å². The van der Waals surface area contributed by atoms with Crippen molar-refractivity contribution in [2.45, 2.75) is 12.6 Å². The Labute approximate surface area is 120 Å². The van der Waals surface area contributed by atoms with Crippen LogP contribution in [0.1, 0.15) is 27.6 Å². The molecular formula is C14H12N4O3. The molecule has 1 aliphatic rings. The van der Waals surface area contributed by atoms with Crippen molar-refractivity contribution in [3.05, 3.63) is 54.1 Å². The Bertz CT molecular complexity index is 718. The zero-order valence-corrected chi connectivity index (χ0v) is 11.2. The second-order valence-corrected chi connectivity index (χ2v) is 4.85. The molecule has 3 rings (SSSR count). The third-order valence-corrected chi connectivity index (χ3v) is 3.70. The van der Waals surface area contributed by atoms with Gasteiger partial charge >= 0.3 is 0 Å². The highest BCUT2D eigenvalue weighted by molar-refractivity contribution is 6.23. The highest BCUT2D eigenvalue weighted by Gasteiger charge is 2.51. The molecule has 1 aromatic carbocycles. The summed E-state index contributed by atoms with van der Waals surface area (Å²) in [6.07, 6.45) is 4.27. The van der Waals surface area contributed by atoms with Gasteiger partial charge in [0, 0.05) is 12.4 Å². The van der Waals surface area contributed by atoms with E-state index in [0.717, 1.165) is 4.90 Å². The summed E-state index contributed by atoms with van der Waals surface area (Å²) < 4.78 is 1.34. The van der Waals surface area contributed by atoms with Crippen molar-refractivity contribution < 1.29 is 14.4 Å². The number of fused-ring (bicyclic) bond motifs is 1. The predicted molar refractivity (Wildman–Crippen MR) is 72.0 cm³/mol. The average molecular weight is 284 g/mol. The fourth-order valence-corrected chi connectivity index (χ4v) is 2.45. The number of aromatic nitrogens is 2. The molecule has 0 bridgehead atoms. The molecule has 21 heavy (non-hydrogen) atoms. The Morgan fingerprint density at radius 2 is 1.76 bits per heavy atom. The van der Waals surface area contributed by atoms with Gasteiger partial charge in [0.15, 0.2) is 0 Å². The van der Waals surface area contributed by atoms with Gasteiger partial charge in [-0.2, -0.15) is 0 Å². The molecule has 0 saturated heterocycles. The molecule has 7 heteroatoms. The number of hydrogen-bond acceptors (Lipinski definition) is 4. The highest BCUT2D eigenvalue weighted by atomic mass is 16.2. The maximum atomic E-state index is 12.5. The fraction of sp³-hybridized carbons (Fsp3) is 0.143. The summed E-state index contributed by atoms with van der Waals surface area (Å²) in [5.74, 6) is -1.92. The van der Waals surface area contributed by atoms with Crippen LogP contribution in [0.5, 0.6) is 0 Å². The summed E-state index contributed by atoms with van der Waals surface area (Å²) in [5.41, 5.74) is 4.34. The Morgan fingerprint density at radius 3 is 2.19 bits per heavy atom. The SMILES string of the molecule is CC(C(N)=O)(N1C(=O)c2ccccc2C1=O)n1ccnc1. The van der Waals surface area contributed by atoms with Crippen molar-refractivity contribution in [3.8, 4) is 0 Å². The van der Waals surface area contributed by atoms with Crippen molar-refractivity contribution in [1.82, 2.24) is 14.5 Å². The number of hydrogen-bond donors (Lipinski definition) is 1. The largest absolute Gasteiger partial charge is 0.366 e. The van der Waals surface area contributed by atoms with E-state index in [0.29, 0.717) is 0 Å². The number of primary amides is 1. The van der Waals surface area contributed by atoms with Gasteiger partial charge in [0.2, 0.25) is 5.66 Å². The molecule has 1 unspecified atom stereocenters. The molecule has 2 aromatic rings. The van der Waals surface area contributed by atoms with Crippen LogP contribution in [0.15, 0.2) is 43.0 Å². The molecule has 0 saturated carbocycles. The number of imide groups is 1. The lowest BCUT2D eigenvalue weighted by Crippen LogP contribution is -2.58. The summed E-state index contributed by atoms with van der Waals surface area (Å²) in [5, 5.41) is 0. The number of benzene rings is 1. The van der Waals surface area contributed by atoms with E-state index in [9.17, 15) is 14.4 Å². The van der Waals surface area contributed by atoms with Crippen molar-refractivity contribution in [2.24, 2.45) is 5.73 Å². The Hall–Kier alpha value is -2.96. The first-order valence-electron chi connectivity index (χ1n) is 6.24. The average Bonchev–Trinajstić information content (AvgIpc) is 3.08. The number of carbonyl (C=O) groups is 3. The Balaban J connectivity index is 2.18. The van der Waals surface area contributed by atoms with E-state index in [1.807, 2.05) is 0 Å². The second-order valence-electron chi connectivity index (χ2n) is 4.85. The van der Waals surface area contributed by atoms with Gasteiger partial charge in [0.25, 0.3) is 17.7 Å². The van der Waals surface area contributed by atoms with Crippen LogP contribution in [0.2, 0.25) is 0 Å². The Morgan fingerprint density at radius 1 is 1.19 bits per heavy atom. The van der Waals surface area contributed by atoms with Gasteiger partial charge in [-0.25, -0.2) is 9.88 Å². The molecule has 2 heterocycles. The van der Waals surface area contributed by atoms with E-state index >= 15 is 0 Å². The standard InChI is InChI=1S/C14H12N4O3/c1-14(13(15)21,17-7-6-16-8-17)18-11(19)9-4-2-3-5-10(9)12(18)20/h2-8H,1H3,(H2,15,21). The van der Waals surface area contributed by atoms with Gasteiger partial charge in [-0.3, -0.25) is 14.4 Å². The van der Waals surface area contributed by atoms with Gasteiger partial charge < -0.3 is 10.3 Å². The molecule has 1 atom stereocenters. The molecule has 0 radical (unpaired) electrons. The first-order chi connectivity index (χ1) is 9.98. The topological polar surface area (TPSA) is 98.3 Å². The second kappa shape index (κ2) is 4.27. The monoisotopic (exact) mass is 284 g/mol. The molecular weight excluding hydrogens is 272 g/mol. The normalized spacial score (nSPS) is 16.7. The molecule has 3 amide bonds. The quantitative estimate of drug-likeness (QED) is 0.821. The van der Waals surface area contributed by atoms with Crippen LogP contribution in [-0.4, -0.2) is 32.2 Å². The van der Waals surface area contributed by atoms with Crippen LogP contribution >= 0.6 is 0 Å².